The second kappa shape index (κ2) is 4.31. The van der Waals surface area contributed by atoms with Crippen LogP contribution >= 0.6 is 0 Å². The molecule has 0 saturated heterocycles. The third-order valence-electron chi connectivity index (χ3n) is 1.62. The molecule has 0 aliphatic rings. The van der Waals surface area contributed by atoms with Gasteiger partial charge in [-0.15, -0.1) is 0 Å². The second-order valence-electron chi connectivity index (χ2n) is 2.85. The predicted octanol–water partition coefficient (Wildman–Crippen LogP) is 1.37. The van der Waals surface area contributed by atoms with Crippen molar-refractivity contribution in [2.45, 2.75) is 33.2 Å². The topological polar surface area (TPSA) is 29.1 Å². The van der Waals surface area contributed by atoms with Crippen LogP contribution in [0, 0.1) is 12.8 Å². The molecule has 2 heteroatoms. The zero-order valence-corrected chi connectivity index (χ0v) is 6.98. The van der Waals surface area contributed by atoms with Crippen molar-refractivity contribution in [2.75, 3.05) is 0 Å². The Hall–Kier alpha value is -0.530. The number of rotatable bonds is 3. The first-order chi connectivity index (χ1) is 4.57. The molecule has 59 valence electrons. The van der Waals surface area contributed by atoms with E-state index in [9.17, 15) is 4.79 Å². The molecular formula is C8H16NO. The zero-order valence-electron chi connectivity index (χ0n) is 6.98. The minimum absolute atomic E-state index is 0.0289. The third kappa shape index (κ3) is 3.49. The molecule has 0 spiro atoms. The molecule has 1 unspecified atom stereocenters. The number of carbonyl (C=O) groups is 1. The normalized spacial score (nSPS) is 13.3. The van der Waals surface area contributed by atoms with E-state index in [0.717, 1.165) is 0 Å². The maximum atomic E-state index is 10.8. The number of hydrogen-bond donors (Lipinski definition) is 1. The van der Waals surface area contributed by atoms with Gasteiger partial charge in [-0.05, 0) is 19.8 Å². The van der Waals surface area contributed by atoms with Crippen molar-refractivity contribution in [1.29, 1.82) is 0 Å². The van der Waals surface area contributed by atoms with Crippen LogP contribution in [0.4, 0.5) is 0 Å². The highest BCUT2D eigenvalue weighted by Crippen LogP contribution is 1.99. The number of hydrogen-bond acceptors (Lipinski definition) is 1. The van der Waals surface area contributed by atoms with Gasteiger partial charge >= 0.3 is 0 Å². The fraction of sp³-hybridized carbons (Fsp3) is 0.750. The van der Waals surface area contributed by atoms with E-state index in [0.29, 0.717) is 12.3 Å². The smallest absolute Gasteiger partial charge is 0.220 e. The van der Waals surface area contributed by atoms with Crippen LogP contribution in [0.25, 0.3) is 0 Å². The lowest BCUT2D eigenvalue weighted by atomic mass is 10.1. The predicted molar refractivity (Wildman–Crippen MR) is 42.4 cm³/mol. The number of nitrogens with one attached hydrogen (secondary N) is 1. The van der Waals surface area contributed by atoms with E-state index in [4.69, 9.17) is 0 Å². The first kappa shape index (κ1) is 9.47. The van der Waals surface area contributed by atoms with E-state index in [1.165, 1.54) is 0 Å². The highest BCUT2D eigenvalue weighted by Gasteiger charge is 2.07. The minimum atomic E-state index is 0.0289. The first-order valence-corrected chi connectivity index (χ1v) is 3.66. The summed E-state index contributed by atoms with van der Waals surface area (Å²) in [7, 11) is 0. The van der Waals surface area contributed by atoms with Crippen molar-refractivity contribution in [2.24, 2.45) is 5.92 Å². The molecule has 0 aliphatic heterocycles. The maximum Gasteiger partial charge on any atom is 0.220 e. The number of carbonyl (C=O) groups excluding carboxylic acids is 1. The van der Waals surface area contributed by atoms with Crippen molar-refractivity contribution >= 4 is 5.91 Å². The van der Waals surface area contributed by atoms with Crippen LogP contribution in [0.3, 0.4) is 0 Å². The van der Waals surface area contributed by atoms with Crippen LogP contribution < -0.4 is 5.32 Å². The Kier molecular flexibility index (Phi) is 4.08. The summed E-state index contributed by atoms with van der Waals surface area (Å²) in [4.78, 5) is 10.8. The van der Waals surface area contributed by atoms with Gasteiger partial charge in [0, 0.05) is 12.5 Å². The molecule has 0 saturated carbocycles. The molecule has 0 heterocycles. The summed E-state index contributed by atoms with van der Waals surface area (Å²) in [6.07, 6.45) is 0.330. The van der Waals surface area contributed by atoms with Gasteiger partial charge < -0.3 is 5.32 Å². The van der Waals surface area contributed by atoms with Crippen LogP contribution in [0.15, 0.2) is 0 Å². The van der Waals surface area contributed by atoms with Gasteiger partial charge in [0.2, 0.25) is 5.91 Å². The van der Waals surface area contributed by atoms with Crippen LogP contribution in [0.5, 0.6) is 0 Å². The van der Waals surface area contributed by atoms with Crippen LogP contribution in [-0.4, -0.2) is 11.9 Å². The van der Waals surface area contributed by atoms with Gasteiger partial charge in [-0.2, -0.15) is 0 Å². The molecule has 2 nitrogen and oxygen atoms in total. The molecule has 10 heavy (non-hydrogen) atoms. The summed E-state index contributed by atoms with van der Waals surface area (Å²) >= 11 is 0. The SMILES string of the molecule is [CH2]CC(=O)NC(C)C(C)C. The van der Waals surface area contributed by atoms with Crippen molar-refractivity contribution < 1.29 is 4.79 Å². The molecule has 1 atom stereocenters. The molecule has 0 aliphatic carbocycles. The average molecular weight is 142 g/mol. The highest BCUT2D eigenvalue weighted by molar-refractivity contribution is 5.76. The molecule has 0 aromatic heterocycles. The lowest BCUT2D eigenvalue weighted by molar-refractivity contribution is -0.121. The molecular weight excluding hydrogens is 126 g/mol. The van der Waals surface area contributed by atoms with Gasteiger partial charge in [-0.1, -0.05) is 13.8 Å². The Morgan fingerprint density at radius 3 is 2.30 bits per heavy atom. The molecule has 1 N–H and O–H groups in total. The lowest BCUT2D eigenvalue weighted by Crippen LogP contribution is -2.35. The summed E-state index contributed by atoms with van der Waals surface area (Å²) in [5.41, 5.74) is 0. The Morgan fingerprint density at radius 1 is 1.50 bits per heavy atom. The molecule has 1 radical (unpaired) electrons. The van der Waals surface area contributed by atoms with Crippen LogP contribution in [-0.2, 0) is 4.79 Å². The van der Waals surface area contributed by atoms with E-state index in [1.807, 2.05) is 6.92 Å². The van der Waals surface area contributed by atoms with Gasteiger partial charge in [0.25, 0.3) is 0 Å². The second-order valence-corrected chi connectivity index (χ2v) is 2.85. The molecule has 0 fully saturated rings. The fourth-order valence-corrected chi connectivity index (χ4v) is 0.493. The Balaban J connectivity index is 3.57. The van der Waals surface area contributed by atoms with E-state index in [1.54, 1.807) is 0 Å². The van der Waals surface area contributed by atoms with Crippen molar-refractivity contribution in [1.82, 2.24) is 5.32 Å². The fourth-order valence-electron chi connectivity index (χ4n) is 0.493. The molecule has 0 aromatic rings. The van der Waals surface area contributed by atoms with Gasteiger partial charge in [0.15, 0.2) is 0 Å². The Bertz CT molecular complexity index is 110. The van der Waals surface area contributed by atoms with Gasteiger partial charge in [0.1, 0.15) is 0 Å². The number of amides is 1. The summed E-state index contributed by atoms with van der Waals surface area (Å²) in [6, 6.07) is 0.259. The van der Waals surface area contributed by atoms with Crippen molar-refractivity contribution in [3.8, 4) is 0 Å². The quantitative estimate of drug-likeness (QED) is 0.633. The minimum Gasteiger partial charge on any atom is -0.353 e. The molecule has 0 rings (SSSR count). The van der Waals surface area contributed by atoms with Crippen LogP contribution in [0.1, 0.15) is 27.2 Å². The first-order valence-electron chi connectivity index (χ1n) is 3.66. The monoisotopic (exact) mass is 142 g/mol. The third-order valence-corrected chi connectivity index (χ3v) is 1.62. The summed E-state index contributed by atoms with van der Waals surface area (Å²) in [5.74, 6) is 0.525. The van der Waals surface area contributed by atoms with Crippen LogP contribution in [0.2, 0.25) is 0 Å². The van der Waals surface area contributed by atoms with Gasteiger partial charge in [-0.3, -0.25) is 4.79 Å². The van der Waals surface area contributed by atoms with E-state index in [-0.39, 0.29) is 11.9 Å². The van der Waals surface area contributed by atoms with E-state index >= 15 is 0 Å². The molecule has 1 amide bonds. The summed E-state index contributed by atoms with van der Waals surface area (Å²) < 4.78 is 0. The van der Waals surface area contributed by atoms with Gasteiger partial charge in [-0.25, -0.2) is 0 Å². The summed E-state index contributed by atoms with van der Waals surface area (Å²) in [5, 5.41) is 2.83. The summed E-state index contributed by atoms with van der Waals surface area (Å²) in [6.45, 7) is 9.64. The average Bonchev–Trinajstić information content (AvgIpc) is 1.87. The Labute approximate surface area is 63.0 Å². The maximum absolute atomic E-state index is 10.8. The molecule has 0 aromatic carbocycles. The van der Waals surface area contributed by atoms with E-state index in [2.05, 4.69) is 26.1 Å². The van der Waals surface area contributed by atoms with Gasteiger partial charge in [0.05, 0.1) is 0 Å². The lowest BCUT2D eigenvalue weighted by Gasteiger charge is -2.16. The Morgan fingerprint density at radius 2 is 2.00 bits per heavy atom. The van der Waals surface area contributed by atoms with Crippen molar-refractivity contribution in [3.05, 3.63) is 6.92 Å². The van der Waals surface area contributed by atoms with E-state index < -0.39 is 0 Å². The molecule has 0 bridgehead atoms. The standard InChI is InChI=1S/C8H16NO/c1-5-8(10)9-7(4)6(2)3/h6-7H,1,5H2,2-4H3,(H,9,10). The largest absolute Gasteiger partial charge is 0.353 e. The zero-order chi connectivity index (χ0) is 8.15. The highest BCUT2D eigenvalue weighted by atomic mass is 16.1. The van der Waals surface area contributed by atoms with Crippen molar-refractivity contribution in [3.63, 3.8) is 0 Å².